The fourth-order valence-electron chi connectivity index (χ4n) is 3.57. The van der Waals surface area contributed by atoms with Gasteiger partial charge in [0.1, 0.15) is 0 Å². The van der Waals surface area contributed by atoms with Crippen molar-refractivity contribution in [3.05, 3.63) is 64.6 Å². The molecule has 0 aromatic heterocycles. The first-order chi connectivity index (χ1) is 12.4. The zero-order chi connectivity index (χ0) is 18.9. The van der Waals surface area contributed by atoms with Gasteiger partial charge in [0.05, 0.1) is 27.2 Å². The Morgan fingerprint density at radius 2 is 1.81 bits per heavy atom. The normalized spacial score (nSPS) is 25.0. The van der Waals surface area contributed by atoms with Gasteiger partial charge in [-0.25, -0.2) is 8.42 Å². The summed E-state index contributed by atoms with van der Waals surface area (Å²) in [5, 5.41) is -0.734. The van der Waals surface area contributed by atoms with Crippen LogP contribution in [0.15, 0.2) is 64.0 Å². The van der Waals surface area contributed by atoms with Gasteiger partial charge in [0.15, 0.2) is 9.84 Å². The maximum atomic E-state index is 13.3. The Labute approximate surface area is 167 Å². The third kappa shape index (κ3) is 3.22. The van der Waals surface area contributed by atoms with E-state index in [1.807, 2.05) is 31.2 Å². The molecule has 2 N–H and O–H groups in total. The standard InChI is InChI=1S/C19H20BrNO3S2/c1-2-24-12-19(18(21)25)16(13-8-10-14(20)11-9-13)17(19)26(22,23)15-6-4-3-5-7-15/h3-11,16-17H,2,12H2,1H3,(H2,21,25)/t16-,17-,19+/m0/s1. The summed E-state index contributed by atoms with van der Waals surface area (Å²) in [5.74, 6) is -0.329. The van der Waals surface area contributed by atoms with E-state index in [0.29, 0.717) is 6.61 Å². The van der Waals surface area contributed by atoms with Gasteiger partial charge in [-0.2, -0.15) is 0 Å². The summed E-state index contributed by atoms with van der Waals surface area (Å²) >= 11 is 8.74. The number of hydrogen-bond donors (Lipinski definition) is 1. The number of sulfone groups is 1. The predicted octanol–water partition coefficient (Wildman–Crippen LogP) is 3.70. The number of halogens is 1. The van der Waals surface area contributed by atoms with E-state index in [9.17, 15) is 8.42 Å². The van der Waals surface area contributed by atoms with E-state index in [2.05, 4.69) is 15.9 Å². The summed E-state index contributed by atoms with van der Waals surface area (Å²) in [4.78, 5) is 0.463. The topological polar surface area (TPSA) is 69.4 Å². The van der Waals surface area contributed by atoms with Gasteiger partial charge in [-0.15, -0.1) is 0 Å². The molecule has 138 valence electrons. The molecule has 0 bridgehead atoms. The van der Waals surface area contributed by atoms with Crippen LogP contribution in [0.5, 0.6) is 0 Å². The number of benzene rings is 2. The minimum absolute atomic E-state index is 0.184. The molecule has 2 aromatic rings. The number of thiocarbonyl (C=S) groups is 1. The van der Waals surface area contributed by atoms with E-state index in [-0.39, 0.29) is 22.4 Å². The summed E-state index contributed by atoms with van der Waals surface area (Å²) in [7, 11) is -3.62. The van der Waals surface area contributed by atoms with E-state index >= 15 is 0 Å². The van der Waals surface area contributed by atoms with Gasteiger partial charge < -0.3 is 10.5 Å². The van der Waals surface area contributed by atoms with Crippen LogP contribution in [0, 0.1) is 5.41 Å². The molecule has 7 heteroatoms. The predicted molar refractivity (Wildman–Crippen MR) is 110 cm³/mol. The third-order valence-electron chi connectivity index (χ3n) is 4.90. The van der Waals surface area contributed by atoms with E-state index in [4.69, 9.17) is 22.7 Å². The molecule has 0 saturated heterocycles. The Morgan fingerprint density at radius 3 is 2.35 bits per heavy atom. The van der Waals surface area contributed by atoms with Gasteiger partial charge in [0.2, 0.25) is 0 Å². The van der Waals surface area contributed by atoms with E-state index in [1.165, 1.54) is 0 Å². The fraction of sp³-hybridized carbons (Fsp3) is 0.316. The Bertz CT molecular complexity index is 900. The molecule has 0 amide bonds. The van der Waals surface area contributed by atoms with Crippen molar-refractivity contribution in [1.82, 2.24) is 0 Å². The molecule has 0 radical (unpaired) electrons. The lowest BCUT2D eigenvalue weighted by Gasteiger charge is -2.17. The quantitative estimate of drug-likeness (QED) is 0.647. The molecular formula is C19H20BrNO3S2. The highest BCUT2D eigenvalue weighted by atomic mass is 79.9. The van der Waals surface area contributed by atoms with Crippen molar-refractivity contribution < 1.29 is 13.2 Å². The lowest BCUT2D eigenvalue weighted by atomic mass is 10.00. The lowest BCUT2D eigenvalue weighted by molar-refractivity contribution is 0.121. The highest BCUT2D eigenvalue weighted by Crippen LogP contribution is 2.64. The lowest BCUT2D eigenvalue weighted by Crippen LogP contribution is -2.33. The Morgan fingerprint density at radius 1 is 1.19 bits per heavy atom. The van der Waals surface area contributed by atoms with Crippen molar-refractivity contribution in [2.75, 3.05) is 13.2 Å². The molecule has 0 aliphatic heterocycles. The van der Waals surface area contributed by atoms with E-state index in [0.717, 1.165) is 10.0 Å². The molecule has 1 saturated carbocycles. The largest absolute Gasteiger partial charge is 0.393 e. The zero-order valence-electron chi connectivity index (χ0n) is 14.3. The highest BCUT2D eigenvalue weighted by molar-refractivity contribution is 9.10. The summed E-state index contributed by atoms with van der Waals surface area (Å²) in [5.41, 5.74) is 6.07. The van der Waals surface area contributed by atoms with Crippen molar-refractivity contribution in [3.63, 3.8) is 0 Å². The summed E-state index contributed by atoms with van der Waals surface area (Å²) in [6.45, 7) is 2.52. The Kier molecular flexibility index (Phi) is 5.53. The van der Waals surface area contributed by atoms with Gasteiger partial charge in [0, 0.05) is 17.0 Å². The van der Waals surface area contributed by atoms with Crippen LogP contribution in [0.4, 0.5) is 0 Å². The summed E-state index contributed by atoms with van der Waals surface area (Å²) in [6.07, 6.45) is 0. The maximum Gasteiger partial charge on any atom is 0.182 e. The van der Waals surface area contributed by atoms with Crippen molar-refractivity contribution in [3.8, 4) is 0 Å². The third-order valence-corrected chi connectivity index (χ3v) is 8.09. The first kappa shape index (κ1) is 19.5. The average molecular weight is 454 g/mol. The van der Waals surface area contributed by atoms with Crippen LogP contribution in [-0.4, -0.2) is 31.9 Å². The minimum atomic E-state index is -3.62. The second kappa shape index (κ2) is 7.38. The van der Waals surface area contributed by atoms with E-state index in [1.54, 1.807) is 30.3 Å². The van der Waals surface area contributed by atoms with Crippen LogP contribution in [0.1, 0.15) is 18.4 Å². The average Bonchev–Trinajstić information content (AvgIpc) is 3.33. The van der Waals surface area contributed by atoms with Gasteiger partial charge in [0.25, 0.3) is 0 Å². The molecule has 0 heterocycles. The smallest absolute Gasteiger partial charge is 0.182 e. The monoisotopic (exact) mass is 453 g/mol. The molecule has 0 unspecified atom stereocenters. The van der Waals surface area contributed by atoms with Crippen LogP contribution in [0.25, 0.3) is 0 Å². The minimum Gasteiger partial charge on any atom is -0.393 e. The van der Waals surface area contributed by atoms with Crippen LogP contribution in [0.2, 0.25) is 0 Å². The van der Waals surface area contributed by atoms with Crippen molar-refractivity contribution in [1.29, 1.82) is 0 Å². The number of nitrogens with two attached hydrogens (primary N) is 1. The fourth-order valence-corrected chi connectivity index (χ4v) is 6.62. The van der Waals surface area contributed by atoms with Crippen LogP contribution >= 0.6 is 28.1 Å². The first-order valence-electron chi connectivity index (χ1n) is 8.27. The Hall–Kier alpha value is -1.28. The van der Waals surface area contributed by atoms with Gasteiger partial charge in [-0.3, -0.25) is 0 Å². The molecule has 3 rings (SSSR count). The van der Waals surface area contributed by atoms with Gasteiger partial charge >= 0.3 is 0 Å². The summed E-state index contributed by atoms with van der Waals surface area (Å²) < 4.78 is 33.2. The highest BCUT2D eigenvalue weighted by Gasteiger charge is 2.73. The Balaban J connectivity index is 2.10. The molecule has 1 aliphatic rings. The van der Waals surface area contributed by atoms with Gasteiger partial charge in [-0.1, -0.05) is 58.5 Å². The first-order valence-corrected chi connectivity index (χ1v) is 11.0. The van der Waals surface area contributed by atoms with Crippen LogP contribution < -0.4 is 5.73 Å². The molecule has 1 fully saturated rings. The second-order valence-corrected chi connectivity index (χ2v) is 9.77. The molecule has 4 nitrogen and oxygen atoms in total. The van der Waals surface area contributed by atoms with Gasteiger partial charge in [-0.05, 0) is 36.8 Å². The van der Waals surface area contributed by atoms with Crippen molar-refractivity contribution >= 4 is 43.0 Å². The number of ether oxygens (including phenoxy) is 1. The number of rotatable bonds is 7. The maximum absolute atomic E-state index is 13.3. The summed E-state index contributed by atoms with van der Waals surface area (Å²) in [6, 6.07) is 16.1. The molecule has 0 spiro atoms. The number of hydrogen-bond acceptors (Lipinski definition) is 4. The van der Waals surface area contributed by atoms with Crippen molar-refractivity contribution in [2.45, 2.75) is 23.0 Å². The second-order valence-electron chi connectivity index (χ2n) is 6.35. The van der Waals surface area contributed by atoms with Crippen LogP contribution in [-0.2, 0) is 14.6 Å². The molecule has 1 aliphatic carbocycles. The molecule has 2 aromatic carbocycles. The zero-order valence-corrected chi connectivity index (χ0v) is 17.5. The molecule has 3 atom stereocenters. The molecular weight excluding hydrogens is 434 g/mol. The molecule has 26 heavy (non-hydrogen) atoms. The SMILES string of the molecule is CCOC[C@@]1(C(N)=S)[C@@H](c2ccc(Br)cc2)[C@@H]1S(=O)(=O)c1ccccc1. The van der Waals surface area contributed by atoms with E-state index < -0.39 is 20.5 Å². The van der Waals surface area contributed by atoms with Crippen LogP contribution in [0.3, 0.4) is 0 Å². The van der Waals surface area contributed by atoms with Crippen molar-refractivity contribution in [2.24, 2.45) is 11.1 Å².